The number of aromatic nitrogens is 4. The zero-order chi connectivity index (χ0) is 17.4. The molecular weight excluding hydrogens is 342 g/mol. The van der Waals surface area contributed by atoms with Crippen molar-refractivity contribution in [3.8, 4) is 11.6 Å². The lowest BCUT2D eigenvalue weighted by atomic mass is 10.2. The third kappa shape index (κ3) is 2.94. The van der Waals surface area contributed by atoms with E-state index in [1.165, 1.54) is 4.68 Å². The number of ether oxygens (including phenoxy) is 1. The number of nitrogens with zero attached hydrogens (tertiary/aromatic N) is 5. The molecule has 0 N–H and O–H groups in total. The maximum atomic E-state index is 12.9. The Labute approximate surface area is 148 Å². The lowest BCUT2D eigenvalue weighted by Crippen LogP contribution is -2.42. The number of halogens is 1. The van der Waals surface area contributed by atoms with Gasteiger partial charge in [-0.15, -0.1) is 5.10 Å². The zero-order valence-electron chi connectivity index (χ0n) is 13.3. The van der Waals surface area contributed by atoms with E-state index in [1.807, 2.05) is 19.1 Å². The van der Waals surface area contributed by atoms with E-state index in [1.54, 1.807) is 41.6 Å². The van der Waals surface area contributed by atoms with E-state index in [-0.39, 0.29) is 17.7 Å². The Balaban J connectivity index is 1.66. The summed E-state index contributed by atoms with van der Waals surface area (Å²) in [5.41, 5.74) is 1.60. The van der Waals surface area contributed by atoms with E-state index in [0.29, 0.717) is 23.1 Å². The van der Waals surface area contributed by atoms with Gasteiger partial charge in [0.15, 0.2) is 5.69 Å². The minimum absolute atomic E-state index is 0.158. The van der Waals surface area contributed by atoms with Gasteiger partial charge in [-0.25, -0.2) is 9.67 Å². The molecule has 0 saturated heterocycles. The standard InChI is InChI=1S/C17H14ClN5O2/c1-11-9-22(15-6-3-7-19-16(15)25-11)17(24)14-10-23(21-20-14)13-5-2-4-12(18)8-13/h2-8,10-11H,9H2,1H3/t11-/m0/s1. The fourth-order valence-electron chi connectivity index (χ4n) is 2.70. The fraction of sp³-hybridized carbons (Fsp3) is 0.176. The molecule has 1 aliphatic rings. The summed E-state index contributed by atoms with van der Waals surface area (Å²) in [4.78, 5) is 18.7. The molecule has 3 aromatic rings. The van der Waals surface area contributed by atoms with Crippen molar-refractivity contribution in [1.82, 2.24) is 20.0 Å². The first-order chi connectivity index (χ1) is 12.1. The highest BCUT2D eigenvalue weighted by molar-refractivity contribution is 6.30. The molecule has 0 radical (unpaired) electrons. The number of hydrogen-bond donors (Lipinski definition) is 0. The summed E-state index contributed by atoms with van der Waals surface area (Å²) in [5, 5.41) is 8.63. The van der Waals surface area contributed by atoms with Crippen molar-refractivity contribution in [2.24, 2.45) is 0 Å². The number of fused-ring (bicyclic) bond motifs is 1. The van der Waals surface area contributed by atoms with Gasteiger partial charge >= 0.3 is 0 Å². The van der Waals surface area contributed by atoms with Crippen molar-refractivity contribution in [2.75, 3.05) is 11.4 Å². The van der Waals surface area contributed by atoms with Crippen molar-refractivity contribution in [1.29, 1.82) is 0 Å². The molecule has 0 bridgehead atoms. The smallest absolute Gasteiger partial charge is 0.280 e. The molecule has 8 heteroatoms. The summed E-state index contributed by atoms with van der Waals surface area (Å²) >= 11 is 6.00. The quantitative estimate of drug-likeness (QED) is 0.706. The van der Waals surface area contributed by atoms with Gasteiger partial charge in [0, 0.05) is 11.2 Å². The first-order valence-electron chi connectivity index (χ1n) is 7.73. The summed E-state index contributed by atoms with van der Waals surface area (Å²) in [6, 6.07) is 10.7. The molecule has 0 saturated carbocycles. The minimum atomic E-state index is -0.252. The Morgan fingerprint density at radius 2 is 2.20 bits per heavy atom. The van der Waals surface area contributed by atoms with E-state index >= 15 is 0 Å². The van der Waals surface area contributed by atoms with Gasteiger partial charge in [-0.2, -0.15) is 0 Å². The molecule has 1 atom stereocenters. The third-order valence-corrected chi connectivity index (χ3v) is 4.06. The molecule has 1 aliphatic heterocycles. The van der Waals surface area contributed by atoms with Crippen molar-refractivity contribution < 1.29 is 9.53 Å². The van der Waals surface area contributed by atoms with E-state index in [0.717, 1.165) is 5.69 Å². The van der Waals surface area contributed by atoms with Gasteiger partial charge in [-0.1, -0.05) is 22.9 Å². The molecule has 1 aromatic carbocycles. The van der Waals surface area contributed by atoms with Gasteiger partial charge in [0.05, 0.1) is 18.4 Å². The monoisotopic (exact) mass is 355 g/mol. The van der Waals surface area contributed by atoms with Crippen LogP contribution in [0.1, 0.15) is 17.4 Å². The molecule has 3 heterocycles. The highest BCUT2D eigenvalue weighted by Gasteiger charge is 2.30. The van der Waals surface area contributed by atoms with E-state index in [9.17, 15) is 4.79 Å². The number of anilines is 1. The molecule has 25 heavy (non-hydrogen) atoms. The average Bonchev–Trinajstić information content (AvgIpc) is 3.10. The molecule has 0 unspecified atom stereocenters. The third-order valence-electron chi connectivity index (χ3n) is 3.82. The van der Waals surface area contributed by atoms with Crippen molar-refractivity contribution in [3.63, 3.8) is 0 Å². The van der Waals surface area contributed by atoms with Gasteiger partial charge in [-0.3, -0.25) is 9.69 Å². The number of hydrogen-bond acceptors (Lipinski definition) is 5. The molecule has 126 valence electrons. The van der Waals surface area contributed by atoms with E-state index in [4.69, 9.17) is 16.3 Å². The maximum Gasteiger partial charge on any atom is 0.280 e. The van der Waals surface area contributed by atoms with E-state index < -0.39 is 0 Å². The van der Waals surface area contributed by atoms with Crippen LogP contribution in [0.15, 0.2) is 48.8 Å². The number of carbonyl (C=O) groups excluding carboxylic acids is 1. The van der Waals surface area contributed by atoms with Crippen molar-refractivity contribution >= 4 is 23.2 Å². The Bertz CT molecular complexity index is 942. The summed E-state index contributed by atoms with van der Waals surface area (Å²) < 4.78 is 7.20. The fourth-order valence-corrected chi connectivity index (χ4v) is 2.88. The summed E-state index contributed by atoms with van der Waals surface area (Å²) in [7, 11) is 0. The van der Waals surface area contributed by atoms with Gasteiger partial charge in [0.2, 0.25) is 5.88 Å². The lowest BCUT2D eigenvalue weighted by Gasteiger charge is -2.31. The zero-order valence-corrected chi connectivity index (χ0v) is 14.1. The van der Waals surface area contributed by atoms with E-state index in [2.05, 4.69) is 15.3 Å². The second-order valence-electron chi connectivity index (χ2n) is 5.70. The Morgan fingerprint density at radius 1 is 1.32 bits per heavy atom. The average molecular weight is 356 g/mol. The molecule has 7 nitrogen and oxygen atoms in total. The van der Waals surface area contributed by atoms with Crippen LogP contribution in [-0.4, -0.2) is 38.5 Å². The molecule has 0 spiro atoms. The summed E-state index contributed by atoms with van der Waals surface area (Å²) in [6.45, 7) is 2.31. The second-order valence-corrected chi connectivity index (χ2v) is 6.14. The highest BCUT2D eigenvalue weighted by atomic mass is 35.5. The van der Waals surface area contributed by atoms with Crippen LogP contribution in [-0.2, 0) is 0 Å². The molecule has 2 aromatic heterocycles. The number of pyridine rings is 1. The Kier molecular flexibility index (Phi) is 3.85. The van der Waals surface area contributed by atoms with Gasteiger partial charge in [-0.05, 0) is 37.3 Å². The first kappa shape index (κ1) is 15.6. The second kappa shape index (κ2) is 6.18. The summed E-state index contributed by atoms with van der Waals surface area (Å²) in [5.74, 6) is 0.189. The number of carbonyl (C=O) groups is 1. The Hall–Kier alpha value is -2.93. The van der Waals surface area contributed by atoms with Crippen LogP contribution in [0.5, 0.6) is 5.88 Å². The lowest BCUT2D eigenvalue weighted by molar-refractivity contribution is 0.0954. The molecular formula is C17H14ClN5O2. The SMILES string of the molecule is C[C@H]1CN(C(=O)c2cn(-c3cccc(Cl)c3)nn2)c2cccnc2O1. The van der Waals surface area contributed by atoms with Gasteiger partial charge in [0.1, 0.15) is 11.8 Å². The van der Waals surface area contributed by atoms with Crippen LogP contribution in [0.3, 0.4) is 0 Å². The molecule has 4 rings (SSSR count). The maximum absolute atomic E-state index is 12.9. The Morgan fingerprint density at radius 3 is 3.04 bits per heavy atom. The minimum Gasteiger partial charge on any atom is -0.471 e. The van der Waals surface area contributed by atoms with Crippen LogP contribution in [0.2, 0.25) is 5.02 Å². The first-order valence-corrected chi connectivity index (χ1v) is 8.11. The van der Waals surface area contributed by atoms with Crippen LogP contribution in [0.4, 0.5) is 5.69 Å². The largest absolute Gasteiger partial charge is 0.471 e. The predicted molar refractivity (Wildman–Crippen MR) is 92.4 cm³/mol. The van der Waals surface area contributed by atoms with Crippen LogP contribution >= 0.6 is 11.6 Å². The number of rotatable bonds is 2. The van der Waals surface area contributed by atoms with Gasteiger partial charge in [0.25, 0.3) is 5.91 Å². The van der Waals surface area contributed by atoms with Crippen molar-refractivity contribution in [3.05, 3.63) is 59.5 Å². The number of amides is 1. The van der Waals surface area contributed by atoms with Crippen LogP contribution in [0.25, 0.3) is 5.69 Å². The van der Waals surface area contributed by atoms with Crippen molar-refractivity contribution in [2.45, 2.75) is 13.0 Å². The van der Waals surface area contributed by atoms with Gasteiger partial charge < -0.3 is 4.74 Å². The molecule has 0 aliphatic carbocycles. The van der Waals surface area contributed by atoms with Crippen LogP contribution in [0, 0.1) is 0 Å². The topological polar surface area (TPSA) is 73.1 Å². The predicted octanol–water partition coefficient (Wildman–Crippen LogP) is 2.74. The van der Waals surface area contributed by atoms with Crippen LogP contribution < -0.4 is 9.64 Å². The normalized spacial score (nSPS) is 16.2. The highest BCUT2D eigenvalue weighted by Crippen LogP contribution is 2.31. The number of benzene rings is 1. The summed E-state index contributed by atoms with van der Waals surface area (Å²) in [6.07, 6.45) is 3.06. The molecule has 0 fully saturated rings. The molecule has 1 amide bonds.